The summed E-state index contributed by atoms with van der Waals surface area (Å²) in [6.45, 7) is 7.17. The molecule has 128 valence electrons. The van der Waals surface area contributed by atoms with E-state index in [2.05, 4.69) is 40.6 Å². The lowest BCUT2D eigenvalue weighted by atomic mass is 9.96. The van der Waals surface area contributed by atoms with E-state index >= 15 is 0 Å². The number of benzene rings is 1. The molecule has 2 rings (SSSR count). The van der Waals surface area contributed by atoms with Gasteiger partial charge in [0.1, 0.15) is 0 Å². The van der Waals surface area contributed by atoms with Gasteiger partial charge in [0.25, 0.3) is 0 Å². The van der Waals surface area contributed by atoms with Gasteiger partial charge < -0.3 is 20.4 Å². The van der Waals surface area contributed by atoms with Crippen molar-refractivity contribution in [1.29, 1.82) is 0 Å². The van der Waals surface area contributed by atoms with E-state index in [1.807, 2.05) is 32.0 Å². The van der Waals surface area contributed by atoms with Crippen LogP contribution in [0.4, 0.5) is 16.2 Å². The van der Waals surface area contributed by atoms with Crippen LogP contribution in [0.1, 0.15) is 26.7 Å². The van der Waals surface area contributed by atoms with Gasteiger partial charge in [0.2, 0.25) is 0 Å². The van der Waals surface area contributed by atoms with Crippen molar-refractivity contribution in [1.82, 2.24) is 10.2 Å². The Hall–Kier alpha value is -1.75. The molecule has 1 aromatic carbocycles. The summed E-state index contributed by atoms with van der Waals surface area (Å²) in [4.78, 5) is 16.6. The van der Waals surface area contributed by atoms with Crippen molar-refractivity contribution in [3.05, 3.63) is 24.3 Å². The maximum atomic E-state index is 12.0. The first-order valence-electron chi connectivity index (χ1n) is 8.52. The van der Waals surface area contributed by atoms with Gasteiger partial charge in [0, 0.05) is 25.7 Å². The first-order valence-corrected chi connectivity index (χ1v) is 8.52. The van der Waals surface area contributed by atoms with Crippen molar-refractivity contribution in [2.24, 2.45) is 5.92 Å². The van der Waals surface area contributed by atoms with Crippen molar-refractivity contribution in [3.63, 3.8) is 0 Å². The molecular formula is C18H30N4O. The molecule has 0 unspecified atom stereocenters. The van der Waals surface area contributed by atoms with Gasteiger partial charge in [-0.1, -0.05) is 12.1 Å². The molecule has 0 radical (unpaired) electrons. The number of amides is 2. The van der Waals surface area contributed by atoms with Crippen molar-refractivity contribution in [2.45, 2.75) is 32.7 Å². The van der Waals surface area contributed by atoms with Crippen molar-refractivity contribution in [3.8, 4) is 0 Å². The summed E-state index contributed by atoms with van der Waals surface area (Å²) >= 11 is 0. The topological polar surface area (TPSA) is 47.6 Å². The minimum absolute atomic E-state index is 0.129. The number of piperidine rings is 1. The number of hydrogen-bond acceptors (Lipinski definition) is 3. The summed E-state index contributed by atoms with van der Waals surface area (Å²) in [6, 6.07) is 8.05. The third-order valence-corrected chi connectivity index (χ3v) is 4.15. The largest absolute Gasteiger partial charge is 0.370 e. The van der Waals surface area contributed by atoms with Crippen LogP contribution in [0, 0.1) is 5.92 Å². The summed E-state index contributed by atoms with van der Waals surface area (Å²) in [5.74, 6) is 0.769. The molecule has 1 saturated heterocycles. The molecule has 1 fully saturated rings. The van der Waals surface area contributed by atoms with Gasteiger partial charge in [-0.05, 0) is 58.8 Å². The van der Waals surface area contributed by atoms with Gasteiger partial charge in [0.15, 0.2) is 0 Å². The highest BCUT2D eigenvalue weighted by Crippen LogP contribution is 2.29. The second kappa shape index (κ2) is 8.20. The Morgan fingerprint density at radius 3 is 2.52 bits per heavy atom. The van der Waals surface area contributed by atoms with Crippen molar-refractivity contribution >= 4 is 17.4 Å². The number of urea groups is 1. The predicted octanol–water partition coefficient (Wildman–Crippen LogP) is 2.99. The van der Waals surface area contributed by atoms with Crippen molar-refractivity contribution < 1.29 is 4.79 Å². The van der Waals surface area contributed by atoms with E-state index in [0.29, 0.717) is 0 Å². The Labute approximate surface area is 140 Å². The Morgan fingerprint density at radius 1 is 1.26 bits per heavy atom. The predicted molar refractivity (Wildman–Crippen MR) is 97.2 cm³/mol. The summed E-state index contributed by atoms with van der Waals surface area (Å²) in [7, 11) is 4.28. The molecule has 0 aliphatic carbocycles. The van der Waals surface area contributed by atoms with Crippen LogP contribution in [0.2, 0.25) is 0 Å². The molecule has 0 aromatic heterocycles. The fourth-order valence-electron chi connectivity index (χ4n) is 3.15. The Bertz CT molecular complexity index is 507. The van der Waals surface area contributed by atoms with E-state index in [-0.39, 0.29) is 12.1 Å². The number of carbonyl (C=O) groups excluding carboxylic acids is 1. The second-order valence-electron chi connectivity index (χ2n) is 6.96. The standard InChI is InChI=1S/C18H30N4O/c1-14(2)19-18(23)20-16-7-5-6-8-17(16)22-11-9-15(10-12-22)13-21(3)4/h5-8,14-15H,9-13H2,1-4H3,(H2,19,20,23). The van der Waals surface area contributed by atoms with Gasteiger partial charge in [-0.3, -0.25) is 0 Å². The highest BCUT2D eigenvalue weighted by atomic mass is 16.2. The highest BCUT2D eigenvalue weighted by molar-refractivity contribution is 5.93. The maximum absolute atomic E-state index is 12.0. The molecule has 0 saturated carbocycles. The van der Waals surface area contributed by atoms with Crippen molar-refractivity contribution in [2.75, 3.05) is 43.9 Å². The third kappa shape index (κ3) is 5.43. The lowest BCUT2D eigenvalue weighted by molar-refractivity contribution is 0.250. The number of nitrogens with one attached hydrogen (secondary N) is 2. The molecule has 1 aliphatic rings. The van der Waals surface area contributed by atoms with Crippen LogP contribution < -0.4 is 15.5 Å². The van der Waals surface area contributed by atoms with Gasteiger partial charge in [0.05, 0.1) is 11.4 Å². The monoisotopic (exact) mass is 318 g/mol. The molecule has 5 heteroatoms. The zero-order valence-corrected chi connectivity index (χ0v) is 14.8. The van der Waals surface area contributed by atoms with Crippen LogP contribution in [-0.4, -0.2) is 50.7 Å². The normalized spacial score (nSPS) is 16.0. The lowest BCUT2D eigenvalue weighted by Gasteiger charge is -2.35. The van der Waals surface area contributed by atoms with E-state index in [9.17, 15) is 4.79 Å². The molecule has 1 aromatic rings. The summed E-state index contributed by atoms with van der Waals surface area (Å²) < 4.78 is 0. The van der Waals surface area contributed by atoms with Crippen LogP contribution in [0.15, 0.2) is 24.3 Å². The Kier molecular flexibility index (Phi) is 6.28. The zero-order valence-electron chi connectivity index (χ0n) is 14.8. The van der Waals surface area contributed by atoms with E-state index in [0.717, 1.165) is 36.9 Å². The van der Waals surface area contributed by atoms with E-state index in [1.54, 1.807) is 0 Å². The van der Waals surface area contributed by atoms with Crippen LogP contribution in [-0.2, 0) is 0 Å². The minimum Gasteiger partial charge on any atom is -0.370 e. The van der Waals surface area contributed by atoms with Crippen LogP contribution in [0.3, 0.4) is 0 Å². The van der Waals surface area contributed by atoms with E-state index in [1.165, 1.54) is 12.8 Å². The highest BCUT2D eigenvalue weighted by Gasteiger charge is 2.21. The molecule has 2 amide bonds. The first-order chi connectivity index (χ1) is 11.0. The zero-order chi connectivity index (χ0) is 16.8. The average molecular weight is 318 g/mol. The van der Waals surface area contributed by atoms with Crippen LogP contribution in [0.5, 0.6) is 0 Å². The molecule has 0 spiro atoms. The number of hydrogen-bond donors (Lipinski definition) is 2. The Morgan fingerprint density at radius 2 is 1.91 bits per heavy atom. The minimum atomic E-state index is -0.144. The lowest BCUT2D eigenvalue weighted by Crippen LogP contribution is -2.38. The number of para-hydroxylation sites is 2. The fourth-order valence-corrected chi connectivity index (χ4v) is 3.15. The summed E-state index contributed by atoms with van der Waals surface area (Å²) in [5.41, 5.74) is 2.01. The van der Waals surface area contributed by atoms with Gasteiger partial charge in [-0.2, -0.15) is 0 Å². The molecule has 5 nitrogen and oxygen atoms in total. The van der Waals surface area contributed by atoms with E-state index < -0.39 is 0 Å². The number of rotatable bonds is 5. The molecule has 1 heterocycles. The Balaban J connectivity index is 1.99. The first kappa shape index (κ1) is 17.6. The second-order valence-corrected chi connectivity index (χ2v) is 6.96. The smallest absolute Gasteiger partial charge is 0.319 e. The third-order valence-electron chi connectivity index (χ3n) is 4.15. The summed E-state index contributed by atoms with van der Waals surface area (Å²) in [5, 5.41) is 5.86. The molecule has 1 aliphatic heterocycles. The number of anilines is 2. The fraction of sp³-hybridized carbons (Fsp3) is 0.611. The molecular weight excluding hydrogens is 288 g/mol. The number of nitrogens with zero attached hydrogens (tertiary/aromatic N) is 2. The SMILES string of the molecule is CC(C)NC(=O)Nc1ccccc1N1CCC(CN(C)C)CC1. The van der Waals surface area contributed by atoms with Crippen LogP contribution in [0.25, 0.3) is 0 Å². The van der Waals surface area contributed by atoms with Gasteiger partial charge in [-0.15, -0.1) is 0 Å². The van der Waals surface area contributed by atoms with Gasteiger partial charge >= 0.3 is 6.03 Å². The van der Waals surface area contributed by atoms with Gasteiger partial charge in [-0.25, -0.2) is 4.79 Å². The summed E-state index contributed by atoms with van der Waals surface area (Å²) in [6.07, 6.45) is 2.40. The quantitative estimate of drug-likeness (QED) is 0.877. The van der Waals surface area contributed by atoms with E-state index in [4.69, 9.17) is 0 Å². The average Bonchev–Trinajstić information content (AvgIpc) is 2.47. The molecule has 0 atom stereocenters. The number of carbonyl (C=O) groups is 1. The van der Waals surface area contributed by atoms with Crippen LogP contribution >= 0.6 is 0 Å². The molecule has 0 bridgehead atoms. The maximum Gasteiger partial charge on any atom is 0.319 e. The molecule has 2 N–H and O–H groups in total. The molecule has 23 heavy (non-hydrogen) atoms.